The lowest BCUT2D eigenvalue weighted by Crippen LogP contribution is -2.29. The maximum Gasteiger partial charge on any atom is 0.227 e. The number of anilines is 2. The number of hydrogen-bond donors (Lipinski definition) is 2. The molecule has 27 heavy (non-hydrogen) atoms. The molecule has 0 spiro atoms. The van der Waals surface area contributed by atoms with Crippen LogP contribution in [0.4, 0.5) is 11.6 Å². The van der Waals surface area contributed by atoms with Crippen molar-refractivity contribution in [2.45, 2.75) is 25.5 Å². The molecule has 0 saturated carbocycles. The van der Waals surface area contributed by atoms with Crippen molar-refractivity contribution in [2.75, 3.05) is 5.32 Å². The number of fused-ring (bicyclic) bond motifs is 5. The summed E-state index contributed by atoms with van der Waals surface area (Å²) in [6, 6.07) is 15.6. The number of para-hydroxylation sites is 1. The Morgan fingerprint density at radius 1 is 1.15 bits per heavy atom. The van der Waals surface area contributed by atoms with Crippen LogP contribution in [0.25, 0.3) is 0 Å². The number of hydrogen-bond acceptors (Lipinski definition) is 5. The van der Waals surface area contributed by atoms with E-state index in [4.69, 9.17) is 9.72 Å². The first-order valence-corrected chi connectivity index (χ1v) is 8.92. The van der Waals surface area contributed by atoms with E-state index in [1.807, 2.05) is 55.5 Å². The first-order valence-electron chi connectivity index (χ1n) is 8.92. The number of ether oxygens (including phenoxy) is 1. The van der Waals surface area contributed by atoms with E-state index in [1.165, 1.54) is 5.56 Å². The highest BCUT2D eigenvalue weighted by atomic mass is 16.5. The van der Waals surface area contributed by atoms with Crippen molar-refractivity contribution in [3.63, 3.8) is 0 Å². The largest absolute Gasteiger partial charge is 0.481 e. The Balaban J connectivity index is 1.53. The molecule has 2 N–H and O–H groups in total. The Hall–Kier alpha value is -3.41. The molecule has 6 heteroatoms. The molecule has 1 aromatic heterocycles. The molecule has 2 aliphatic heterocycles. The van der Waals surface area contributed by atoms with E-state index in [9.17, 15) is 4.79 Å². The molecular formula is C21H18N4O2. The van der Waals surface area contributed by atoms with Gasteiger partial charge in [0.15, 0.2) is 6.10 Å². The zero-order chi connectivity index (χ0) is 18.4. The fraction of sp³-hybridized carbons (Fsp3) is 0.190. The summed E-state index contributed by atoms with van der Waals surface area (Å²) in [6.45, 7) is 2.04. The zero-order valence-electron chi connectivity index (χ0n) is 14.8. The van der Waals surface area contributed by atoms with E-state index in [2.05, 4.69) is 15.6 Å². The minimum atomic E-state index is -0.356. The van der Waals surface area contributed by atoms with Crippen molar-refractivity contribution in [1.29, 1.82) is 0 Å². The third-order valence-corrected chi connectivity index (χ3v) is 4.95. The van der Waals surface area contributed by atoms with Gasteiger partial charge in [-0.05, 0) is 25.1 Å². The monoisotopic (exact) mass is 358 g/mol. The van der Waals surface area contributed by atoms with Gasteiger partial charge in [0.05, 0.1) is 12.1 Å². The van der Waals surface area contributed by atoms with Crippen molar-refractivity contribution in [3.05, 3.63) is 77.1 Å². The summed E-state index contributed by atoms with van der Waals surface area (Å²) >= 11 is 0. The van der Waals surface area contributed by atoms with Crippen LogP contribution in [-0.2, 0) is 11.2 Å². The highest BCUT2D eigenvalue weighted by Crippen LogP contribution is 2.45. The Morgan fingerprint density at radius 2 is 1.96 bits per heavy atom. The lowest BCUT2D eigenvalue weighted by atomic mass is 10.0. The van der Waals surface area contributed by atoms with Gasteiger partial charge in [0, 0.05) is 23.0 Å². The fourth-order valence-corrected chi connectivity index (χ4v) is 3.61. The zero-order valence-corrected chi connectivity index (χ0v) is 14.8. The third-order valence-electron chi connectivity index (χ3n) is 4.95. The van der Waals surface area contributed by atoms with Gasteiger partial charge < -0.3 is 15.4 Å². The number of nitrogens with zero attached hydrogens (tertiary/aromatic N) is 2. The standard InChI is InChI=1S/C21H18N4O2/c1-12-6-8-14(9-7-12)23-21-22-11-13-10-17(26)24-19-15-4-2-3-5-16(15)27-20(19)18(13)25-21/h2-9,11,19-20H,10H2,1H3,(H,24,26)(H,22,23,25). The van der Waals surface area contributed by atoms with Crippen LogP contribution < -0.4 is 15.4 Å². The molecule has 2 aromatic carbocycles. The first kappa shape index (κ1) is 15.8. The number of nitrogens with one attached hydrogen (secondary N) is 2. The predicted octanol–water partition coefficient (Wildman–Crippen LogP) is 3.38. The van der Waals surface area contributed by atoms with E-state index in [-0.39, 0.29) is 24.5 Å². The van der Waals surface area contributed by atoms with Gasteiger partial charge >= 0.3 is 0 Å². The Bertz CT molecular complexity index is 1030. The van der Waals surface area contributed by atoms with Crippen LogP contribution >= 0.6 is 0 Å². The lowest BCUT2D eigenvalue weighted by molar-refractivity contribution is -0.121. The highest BCUT2D eigenvalue weighted by molar-refractivity contribution is 5.80. The molecule has 0 fully saturated rings. The van der Waals surface area contributed by atoms with Crippen molar-refractivity contribution < 1.29 is 9.53 Å². The van der Waals surface area contributed by atoms with Crippen LogP contribution in [0.1, 0.15) is 34.5 Å². The number of rotatable bonds is 2. The molecule has 0 radical (unpaired) electrons. The van der Waals surface area contributed by atoms with Crippen LogP contribution in [0.15, 0.2) is 54.7 Å². The molecule has 134 valence electrons. The molecule has 0 aliphatic carbocycles. The van der Waals surface area contributed by atoms with Gasteiger partial charge in [0.1, 0.15) is 11.8 Å². The number of carbonyl (C=O) groups is 1. The second-order valence-electron chi connectivity index (χ2n) is 6.89. The quantitative estimate of drug-likeness (QED) is 0.734. The third kappa shape index (κ3) is 2.79. The predicted molar refractivity (Wildman–Crippen MR) is 101 cm³/mol. The topological polar surface area (TPSA) is 76.1 Å². The maximum atomic E-state index is 12.4. The first-order chi connectivity index (χ1) is 13.2. The van der Waals surface area contributed by atoms with E-state index >= 15 is 0 Å². The summed E-state index contributed by atoms with van der Waals surface area (Å²) in [4.78, 5) is 21.5. The van der Waals surface area contributed by atoms with Crippen LogP contribution in [0.5, 0.6) is 5.75 Å². The molecule has 5 rings (SSSR count). The van der Waals surface area contributed by atoms with Gasteiger partial charge in [-0.15, -0.1) is 0 Å². The molecule has 0 saturated heterocycles. The van der Waals surface area contributed by atoms with Crippen molar-refractivity contribution in [1.82, 2.24) is 15.3 Å². The summed E-state index contributed by atoms with van der Waals surface area (Å²) in [6.07, 6.45) is 1.61. The number of carbonyl (C=O) groups excluding carboxylic acids is 1. The van der Waals surface area contributed by atoms with Crippen LogP contribution in [0.3, 0.4) is 0 Å². The van der Waals surface area contributed by atoms with Gasteiger partial charge in [-0.25, -0.2) is 9.97 Å². The summed E-state index contributed by atoms with van der Waals surface area (Å²) < 4.78 is 6.15. The number of amides is 1. The van der Waals surface area contributed by atoms with Crippen LogP contribution in [0, 0.1) is 6.92 Å². The number of aromatic nitrogens is 2. The van der Waals surface area contributed by atoms with Crippen molar-refractivity contribution in [2.24, 2.45) is 0 Å². The van der Waals surface area contributed by atoms with Gasteiger partial charge in [-0.1, -0.05) is 35.9 Å². The molecular weight excluding hydrogens is 340 g/mol. The summed E-state index contributed by atoms with van der Waals surface area (Å²) in [5.41, 5.74) is 4.63. The van der Waals surface area contributed by atoms with E-state index in [0.29, 0.717) is 5.95 Å². The summed E-state index contributed by atoms with van der Waals surface area (Å²) in [5.74, 6) is 1.23. The SMILES string of the molecule is Cc1ccc(Nc2ncc3c(n2)C2Oc4ccccc4C2NC(=O)C3)cc1. The van der Waals surface area contributed by atoms with Crippen molar-refractivity contribution in [3.8, 4) is 5.75 Å². The van der Waals surface area contributed by atoms with Crippen molar-refractivity contribution >= 4 is 17.5 Å². The van der Waals surface area contributed by atoms with Gasteiger partial charge in [0.2, 0.25) is 11.9 Å². The second-order valence-corrected chi connectivity index (χ2v) is 6.89. The summed E-state index contributed by atoms with van der Waals surface area (Å²) in [5, 5.41) is 6.30. The molecule has 6 nitrogen and oxygen atoms in total. The summed E-state index contributed by atoms with van der Waals surface area (Å²) in [7, 11) is 0. The minimum absolute atomic E-state index is 0.0492. The molecule has 3 heterocycles. The fourth-order valence-electron chi connectivity index (χ4n) is 3.61. The van der Waals surface area contributed by atoms with E-state index in [0.717, 1.165) is 28.3 Å². The lowest BCUT2D eigenvalue weighted by Gasteiger charge is -2.18. The Kier molecular flexibility index (Phi) is 3.57. The molecule has 0 bridgehead atoms. The van der Waals surface area contributed by atoms with Gasteiger partial charge in [-0.3, -0.25) is 4.79 Å². The Labute approximate surface area is 156 Å². The smallest absolute Gasteiger partial charge is 0.227 e. The highest BCUT2D eigenvalue weighted by Gasteiger charge is 2.41. The van der Waals surface area contributed by atoms with E-state index in [1.54, 1.807) is 6.20 Å². The molecule has 3 aromatic rings. The minimum Gasteiger partial charge on any atom is -0.481 e. The van der Waals surface area contributed by atoms with Crippen LogP contribution in [-0.4, -0.2) is 15.9 Å². The molecule has 1 amide bonds. The van der Waals surface area contributed by atoms with Gasteiger partial charge in [0.25, 0.3) is 0 Å². The molecule has 2 aliphatic rings. The van der Waals surface area contributed by atoms with Crippen LogP contribution in [0.2, 0.25) is 0 Å². The average molecular weight is 358 g/mol. The molecule has 2 atom stereocenters. The van der Waals surface area contributed by atoms with E-state index < -0.39 is 0 Å². The number of benzene rings is 2. The maximum absolute atomic E-state index is 12.4. The second kappa shape index (κ2) is 6.09. The molecule has 2 unspecified atom stereocenters. The Morgan fingerprint density at radius 3 is 2.81 bits per heavy atom. The van der Waals surface area contributed by atoms with Gasteiger partial charge in [-0.2, -0.15) is 0 Å². The average Bonchev–Trinajstić information content (AvgIpc) is 2.96. The normalized spacial score (nSPS) is 19.8. The number of aryl methyl sites for hydroxylation is 1.